The first-order valence-corrected chi connectivity index (χ1v) is 10.8. The van der Waals surface area contributed by atoms with Crippen LogP contribution in [0.4, 0.5) is 0 Å². The van der Waals surface area contributed by atoms with Crippen molar-refractivity contribution in [3.05, 3.63) is 44.9 Å². The Hall–Kier alpha value is -2.97. The summed E-state index contributed by atoms with van der Waals surface area (Å²) in [4.78, 5) is 46.4. The van der Waals surface area contributed by atoms with E-state index < -0.39 is 0 Å². The Labute approximate surface area is 182 Å². The number of fused-ring (bicyclic) bond motifs is 1. The van der Waals surface area contributed by atoms with Crippen molar-refractivity contribution < 1.29 is 9.59 Å². The fourth-order valence-corrected chi connectivity index (χ4v) is 4.08. The number of amides is 2. The van der Waals surface area contributed by atoms with Crippen LogP contribution in [0.25, 0.3) is 0 Å². The third-order valence-corrected chi connectivity index (χ3v) is 5.81. The van der Waals surface area contributed by atoms with E-state index in [0.717, 1.165) is 30.4 Å². The molecule has 9 nitrogen and oxygen atoms in total. The van der Waals surface area contributed by atoms with Gasteiger partial charge in [-0.3, -0.25) is 19.1 Å². The number of carbonyl (C=O) groups is 2. The molecule has 3 heterocycles. The number of nitrogens with zero attached hydrogens (tertiary/aromatic N) is 6. The predicted molar refractivity (Wildman–Crippen MR) is 116 cm³/mol. The summed E-state index contributed by atoms with van der Waals surface area (Å²) in [5.74, 6) is 1.09. The van der Waals surface area contributed by atoms with E-state index in [9.17, 15) is 14.4 Å². The van der Waals surface area contributed by atoms with Crippen LogP contribution in [0.3, 0.4) is 0 Å². The van der Waals surface area contributed by atoms with E-state index >= 15 is 0 Å². The third kappa shape index (κ3) is 4.86. The van der Waals surface area contributed by atoms with E-state index in [4.69, 9.17) is 0 Å². The maximum absolute atomic E-state index is 13.3. The lowest BCUT2D eigenvalue weighted by atomic mass is 9.95. The molecule has 0 radical (unpaired) electrons. The van der Waals surface area contributed by atoms with E-state index in [1.165, 1.54) is 9.47 Å². The van der Waals surface area contributed by atoms with Gasteiger partial charge in [-0.2, -0.15) is 5.10 Å². The molecule has 0 aliphatic carbocycles. The van der Waals surface area contributed by atoms with Gasteiger partial charge in [-0.1, -0.05) is 19.8 Å². The second-order valence-electron chi connectivity index (χ2n) is 8.31. The van der Waals surface area contributed by atoms with Gasteiger partial charge in [0.1, 0.15) is 17.2 Å². The lowest BCUT2D eigenvalue weighted by molar-refractivity contribution is -0.132. The maximum atomic E-state index is 13.3. The molecule has 0 saturated heterocycles. The molecule has 0 aromatic carbocycles. The number of aromatic nitrogens is 4. The van der Waals surface area contributed by atoms with Crippen molar-refractivity contribution in [3.63, 3.8) is 0 Å². The first-order valence-electron chi connectivity index (χ1n) is 10.8. The monoisotopic (exact) mass is 428 g/mol. The molecule has 0 bridgehead atoms. The van der Waals surface area contributed by atoms with Gasteiger partial charge in [0.25, 0.3) is 11.5 Å². The summed E-state index contributed by atoms with van der Waals surface area (Å²) in [6.07, 6.45) is 5.81. The molecule has 0 fully saturated rings. The van der Waals surface area contributed by atoms with E-state index in [-0.39, 0.29) is 29.5 Å². The summed E-state index contributed by atoms with van der Waals surface area (Å²) >= 11 is 0. The third-order valence-electron chi connectivity index (χ3n) is 5.81. The first-order chi connectivity index (χ1) is 14.7. The van der Waals surface area contributed by atoms with Crippen LogP contribution in [0.1, 0.15) is 65.7 Å². The van der Waals surface area contributed by atoms with Crippen LogP contribution in [0, 0.1) is 6.92 Å². The zero-order chi connectivity index (χ0) is 22.7. The summed E-state index contributed by atoms with van der Waals surface area (Å²) in [5, 5.41) is 4.21. The van der Waals surface area contributed by atoms with Crippen molar-refractivity contribution >= 4 is 11.8 Å². The van der Waals surface area contributed by atoms with Gasteiger partial charge in [0.2, 0.25) is 5.91 Å². The Morgan fingerprint density at radius 1 is 1.23 bits per heavy atom. The van der Waals surface area contributed by atoms with E-state index in [1.54, 1.807) is 38.9 Å². The Kier molecular flexibility index (Phi) is 6.92. The van der Waals surface area contributed by atoms with Gasteiger partial charge in [0.15, 0.2) is 0 Å². The highest BCUT2D eigenvalue weighted by Gasteiger charge is 2.29. The van der Waals surface area contributed by atoms with E-state index in [1.807, 2.05) is 4.90 Å². The highest BCUT2D eigenvalue weighted by atomic mass is 16.2. The number of hydrogen-bond donors (Lipinski definition) is 0. The topological polar surface area (TPSA) is 93.3 Å². The molecule has 1 aliphatic rings. The van der Waals surface area contributed by atoms with Gasteiger partial charge in [0, 0.05) is 46.9 Å². The number of unbranched alkanes of at least 4 members (excludes halogenated alkanes) is 2. The minimum absolute atomic E-state index is 0.135. The highest BCUT2D eigenvalue weighted by Crippen LogP contribution is 2.22. The van der Waals surface area contributed by atoms with Gasteiger partial charge in [-0.25, -0.2) is 4.98 Å². The van der Waals surface area contributed by atoms with Crippen LogP contribution in [-0.2, 0) is 38.4 Å². The predicted octanol–water partition coefficient (Wildman–Crippen LogP) is 1.56. The fourth-order valence-electron chi connectivity index (χ4n) is 4.08. The van der Waals surface area contributed by atoms with Crippen LogP contribution in [0.15, 0.2) is 11.0 Å². The second kappa shape index (κ2) is 9.45. The Morgan fingerprint density at radius 3 is 2.61 bits per heavy atom. The van der Waals surface area contributed by atoms with Gasteiger partial charge in [0.05, 0.1) is 6.54 Å². The molecular formula is C22H32N6O3. The SMILES string of the molecule is CCCCCC(=O)N1CCc2c(cn(C)c(=O)c2C(=O)N(C)Cc2nc(C)nn2C)C1. The summed E-state index contributed by atoms with van der Waals surface area (Å²) in [7, 11) is 5.09. The van der Waals surface area contributed by atoms with Crippen molar-refractivity contribution in [2.45, 2.75) is 59.0 Å². The molecule has 0 N–H and O–H groups in total. The van der Waals surface area contributed by atoms with Crippen LogP contribution in [-0.4, -0.2) is 54.5 Å². The molecule has 0 unspecified atom stereocenters. The normalized spacial score (nSPS) is 13.3. The maximum Gasteiger partial charge on any atom is 0.263 e. The molecule has 0 saturated carbocycles. The lowest BCUT2D eigenvalue weighted by Gasteiger charge is -2.31. The van der Waals surface area contributed by atoms with Gasteiger partial charge in [-0.05, 0) is 30.9 Å². The molecule has 31 heavy (non-hydrogen) atoms. The zero-order valence-electron chi connectivity index (χ0n) is 19.1. The van der Waals surface area contributed by atoms with Crippen molar-refractivity contribution in [1.29, 1.82) is 0 Å². The molecule has 2 aromatic rings. The molecule has 0 spiro atoms. The first kappa shape index (κ1) is 22.7. The van der Waals surface area contributed by atoms with Crippen LogP contribution in [0.2, 0.25) is 0 Å². The Morgan fingerprint density at radius 2 is 1.97 bits per heavy atom. The summed E-state index contributed by atoms with van der Waals surface area (Å²) in [6, 6.07) is 0. The summed E-state index contributed by atoms with van der Waals surface area (Å²) < 4.78 is 3.08. The van der Waals surface area contributed by atoms with Gasteiger partial charge < -0.3 is 14.4 Å². The Bertz CT molecular complexity index is 1040. The number of hydrogen-bond acceptors (Lipinski definition) is 5. The van der Waals surface area contributed by atoms with Crippen molar-refractivity contribution in [1.82, 2.24) is 29.1 Å². The fraction of sp³-hybridized carbons (Fsp3) is 0.591. The smallest absolute Gasteiger partial charge is 0.263 e. The standard InChI is InChI=1S/C22H32N6O3/c1-6-7-8-9-19(29)28-11-10-17-16(13-28)12-25(3)21(30)20(17)22(31)26(4)14-18-23-15(2)24-27(18)5/h12H,6-11,13-14H2,1-5H3. The molecule has 2 amide bonds. The number of pyridine rings is 1. The Balaban J connectivity index is 1.84. The molecule has 3 rings (SSSR count). The molecule has 0 atom stereocenters. The van der Waals surface area contributed by atoms with Gasteiger partial charge >= 0.3 is 0 Å². The van der Waals surface area contributed by atoms with Crippen molar-refractivity contribution in [2.75, 3.05) is 13.6 Å². The zero-order valence-corrected chi connectivity index (χ0v) is 19.1. The average molecular weight is 429 g/mol. The highest BCUT2D eigenvalue weighted by molar-refractivity contribution is 5.95. The quantitative estimate of drug-likeness (QED) is 0.624. The average Bonchev–Trinajstić information content (AvgIpc) is 3.04. The molecule has 1 aliphatic heterocycles. The van der Waals surface area contributed by atoms with Crippen LogP contribution < -0.4 is 5.56 Å². The molecule has 9 heteroatoms. The lowest BCUT2D eigenvalue weighted by Crippen LogP contribution is -2.41. The minimum Gasteiger partial charge on any atom is -0.338 e. The second-order valence-corrected chi connectivity index (χ2v) is 8.31. The van der Waals surface area contributed by atoms with Crippen molar-refractivity contribution in [2.24, 2.45) is 14.1 Å². The largest absolute Gasteiger partial charge is 0.338 e. The summed E-state index contributed by atoms with van der Waals surface area (Å²) in [6.45, 7) is 5.12. The molecule has 168 valence electrons. The molecular weight excluding hydrogens is 396 g/mol. The summed E-state index contributed by atoms with van der Waals surface area (Å²) in [5.41, 5.74) is 1.50. The van der Waals surface area contributed by atoms with Crippen LogP contribution in [0.5, 0.6) is 0 Å². The number of rotatable bonds is 7. The van der Waals surface area contributed by atoms with E-state index in [2.05, 4.69) is 17.0 Å². The minimum atomic E-state index is -0.333. The van der Waals surface area contributed by atoms with Crippen LogP contribution >= 0.6 is 0 Å². The molecule has 2 aromatic heterocycles. The number of aryl methyl sites for hydroxylation is 3. The van der Waals surface area contributed by atoms with Crippen molar-refractivity contribution in [3.8, 4) is 0 Å². The van der Waals surface area contributed by atoms with E-state index in [0.29, 0.717) is 37.6 Å². The van der Waals surface area contributed by atoms with Gasteiger partial charge in [-0.15, -0.1) is 0 Å². The number of carbonyl (C=O) groups excluding carboxylic acids is 2.